The molecule has 3 heterocycles. The second-order valence-electron chi connectivity index (χ2n) is 7.06. The minimum atomic E-state index is -0.202. The van der Waals surface area contributed by atoms with Gasteiger partial charge in [-0.25, -0.2) is 0 Å². The highest BCUT2D eigenvalue weighted by atomic mass is 32.2. The first-order valence-corrected chi connectivity index (χ1v) is 10.9. The van der Waals surface area contributed by atoms with Gasteiger partial charge in [0.05, 0.1) is 10.9 Å². The number of carbonyl (C=O) groups excluding carboxylic acids is 2. The summed E-state index contributed by atoms with van der Waals surface area (Å²) in [6, 6.07) is 13.5. The first kappa shape index (κ1) is 19.8. The van der Waals surface area contributed by atoms with Crippen LogP contribution in [0.15, 0.2) is 59.8 Å². The lowest BCUT2D eigenvalue weighted by Gasteiger charge is -2.36. The molecule has 2 fully saturated rings. The normalized spacial score (nSPS) is 21.1. The number of pyridine rings is 1. The van der Waals surface area contributed by atoms with Crippen molar-refractivity contribution in [2.24, 2.45) is 0 Å². The molecule has 29 heavy (non-hydrogen) atoms. The summed E-state index contributed by atoms with van der Waals surface area (Å²) in [5.41, 5.74) is 1.97. The number of carbonyl (C=O) groups is 2. The maximum absolute atomic E-state index is 13.1. The Morgan fingerprint density at radius 1 is 1.21 bits per heavy atom. The Balaban J connectivity index is 1.49. The van der Waals surface area contributed by atoms with E-state index in [9.17, 15) is 9.59 Å². The topological polar surface area (TPSA) is 53.5 Å². The van der Waals surface area contributed by atoms with Gasteiger partial charge in [-0.15, -0.1) is 0 Å². The SMILES string of the molecule is O=C1C(=Cc2ccccc2)SC(=S)N1CC(=O)N1CCCC[C@H]1c1cccnc1. The van der Waals surface area contributed by atoms with Crippen LogP contribution in [0.4, 0.5) is 0 Å². The molecule has 0 spiro atoms. The average molecular weight is 424 g/mol. The van der Waals surface area contributed by atoms with E-state index in [4.69, 9.17) is 12.2 Å². The van der Waals surface area contributed by atoms with E-state index in [1.807, 2.05) is 59.6 Å². The van der Waals surface area contributed by atoms with Gasteiger partial charge in [0.2, 0.25) is 5.91 Å². The fraction of sp³-hybridized carbons (Fsp3) is 0.273. The van der Waals surface area contributed by atoms with Gasteiger partial charge in [-0.3, -0.25) is 19.5 Å². The van der Waals surface area contributed by atoms with Crippen LogP contribution in [0.3, 0.4) is 0 Å². The van der Waals surface area contributed by atoms with Gasteiger partial charge >= 0.3 is 0 Å². The Labute approximate surface area is 179 Å². The van der Waals surface area contributed by atoms with Crippen LogP contribution in [0, 0.1) is 0 Å². The van der Waals surface area contributed by atoms with Gasteiger partial charge in [0.25, 0.3) is 5.91 Å². The minimum absolute atomic E-state index is 0.00297. The van der Waals surface area contributed by atoms with E-state index in [2.05, 4.69) is 4.98 Å². The number of thioether (sulfide) groups is 1. The molecular formula is C22H21N3O2S2. The van der Waals surface area contributed by atoms with E-state index in [1.165, 1.54) is 16.7 Å². The molecule has 1 aromatic heterocycles. The molecule has 2 saturated heterocycles. The number of aromatic nitrogens is 1. The van der Waals surface area contributed by atoms with E-state index < -0.39 is 0 Å². The number of benzene rings is 1. The van der Waals surface area contributed by atoms with Crippen LogP contribution in [0.5, 0.6) is 0 Å². The molecule has 2 amide bonds. The van der Waals surface area contributed by atoms with Crippen LogP contribution in [0.2, 0.25) is 0 Å². The summed E-state index contributed by atoms with van der Waals surface area (Å²) < 4.78 is 0.431. The van der Waals surface area contributed by atoms with Gasteiger partial charge < -0.3 is 4.90 Å². The highest BCUT2D eigenvalue weighted by molar-refractivity contribution is 8.26. The van der Waals surface area contributed by atoms with E-state index >= 15 is 0 Å². The van der Waals surface area contributed by atoms with Crippen molar-refractivity contribution in [3.63, 3.8) is 0 Å². The summed E-state index contributed by atoms with van der Waals surface area (Å²) in [5, 5.41) is 0. The number of amides is 2. The van der Waals surface area contributed by atoms with Crippen molar-refractivity contribution >= 4 is 46.2 Å². The number of nitrogens with zero attached hydrogens (tertiary/aromatic N) is 3. The Morgan fingerprint density at radius 3 is 2.79 bits per heavy atom. The summed E-state index contributed by atoms with van der Waals surface area (Å²) in [5.74, 6) is -0.275. The Hall–Kier alpha value is -2.51. The summed E-state index contributed by atoms with van der Waals surface area (Å²) >= 11 is 6.65. The molecule has 0 N–H and O–H groups in total. The number of rotatable bonds is 4. The molecule has 2 aliphatic heterocycles. The average Bonchev–Trinajstić information content (AvgIpc) is 3.02. The first-order chi connectivity index (χ1) is 14.1. The fourth-order valence-corrected chi connectivity index (χ4v) is 4.97. The zero-order valence-electron chi connectivity index (χ0n) is 15.9. The summed E-state index contributed by atoms with van der Waals surface area (Å²) in [7, 11) is 0. The molecule has 4 rings (SSSR count). The lowest BCUT2D eigenvalue weighted by atomic mass is 9.96. The van der Waals surface area contributed by atoms with Gasteiger partial charge in [0.15, 0.2) is 0 Å². The van der Waals surface area contributed by atoms with Crippen molar-refractivity contribution in [2.75, 3.05) is 13.1 Å². The van der Waals surface area contributed by atoms with Crippen LogP contribution in [-0.4, -0.2) is 44.0 Å². The van der Waals surface area contributed by atoms with Gasteiger partial charge in [-0.1, -0.05) is 60.4 Å². The Bertz CT molecular complexity index is 947. The van der Waals surface area contributed by atoms with Gasteiger partial charge in [-0.05, 0) is 42.5 Å². The quantitative estimate of drug-likeness (QED) is 0.549. The van der Waals surface area contributed by atoms with Gasteiger partial charge in [0.1, 0.15) is 10.9 Å². The highest BCUT2D eigenvalue weighted by Gasteiger charge is 2.36. The zero-order chi connectivity index (χ0) is 20.2. The van der Waals surface area contributed by atoms with Crippen LogP contribution in [0.25, 0.3) is 6.08 Å². The monoisotopic (exact) mass is 423 g/mol. The lowest BCUT2D eigenvalue weighted by Crippen LogP contribution is -2.45. The molecule has 0 radical (unpaired) electrons. The minimum Gasteiger partial charge on any atom is -0.334 e. The number of likely N-dealkylation sites (tertiary alicyclic amines) is 1. The maximum atomic E-state index is 13.1. The third-order valence-electron chi connectivity index (χ3n) is 5.16. The smallest absolute Gasteiger partial charge is 0.266 e. The molecule has 0 aliphatic carbocycles. The predicted molar refractivity (Wildman–Crippen MR) is 119 cm³/mol. The van der Waals surface area contributed by atoms with Crippen LogP contribution in [0.1, 0.15) is 36.4 Å². The van der Waals surface area contributed by atoms with Crippen molar-refractivity contribution in [3.8, 4) is 0 Å². The molecule has 0 saturated carbocycles. The molecule has 5 nitrogen and oxygen atoms in total. The van der Waals surface area contributed by atoms with E-state index in [1.54, 1.807) is 6.20 Å². The van der Waals surface area contributed by atoms with Gasteiger partial charge in [0, 0.05) is 18.9 Å². The number of hydrogen-bond donors (Lipinski definition) is 0. The lowest BCUT2D eigenvalue weighted by molar-refractivity contribution is -0.138. The van der Waals surface area contributed by atoms with Crippen molar-refractivity contribution in [1.82, 2.24) is 14.8 Å². The molecule has 7 heteroatoms. The first-order valence-electron chi connectivity index (χ1n) is 9.63. The molecule has 148 valence electrons. The van der Waals surface area contributed by atoms with Crippen molar-refractivity contribution < 1.29 is 9.59 Å². The van der Waals surface area contributed by atoms with Crippen molar-refractivity contribution in [2.45, 2.75) is 25.3 Å². The molecule has 2 aliphatic rings. The number of piperidine rings is 1. The second kappa shape index (κ2) is 8.88. The Kier molecular flexibility index (Phi) is 6.06. The molecule has 2 aromatic rings. The van der Waals surface area contributed by atoms with E-state index in [0.717, 1.165) is 30.4 Å². The summed E-state index contributed by atoms with van der Waals surface area (Å²) in [4.78, 5) is 34.0. The van der Waals surface area contributed by atoms with E-state index in [0.29, 0.717) is 15.8 Å². The molecule has 1 atom stereocenters. The highest BCUT2D eigenvalue weighted by Crippen LogP contribution is 2.34. The van der Waals surface area contributed by atoms with Crippen LogP contribution >= 0.6 is 24.0 Å². The fourth-order valence-electron chi connectivity index (χ4n) is 3.71. The standard InChI is InChI=1S/C22H21N3O2S2/c26-20(24-12-5-4-10-18(24)17-9-6-11-23-14-17)15-25-21(27)19(29-22(25)28)13-16-7-2-1-3-8-16/h1-3,6-9,11,13-14,18H,4-5,10,12,15H2/t18-/m0/s1. The second-order valence-corrected chi connectivity index (χ2v) is 8.74. The number of hydrogen-bond acceptors (Lipinski definition) is 5. The van der Waals surface area contributed by atoms with Crippen LogP contribution in [-0.2, 0) is 9.59 Å². The maximum Gasteiger partial charge on any atom is 0.266 e. The third-order valence-corrected chi connectivity index (χ3v) is 6.53. The molecule has 0 unspecified atom stereocenters. The van der Waals surface area contributed by atoms with Crippen LogP contribution < -0.4 is 0 Å². The third kappa shape index (κ3) is 4.41. The molecular weight excluding hydrogens is 402 g/mol. The summed E-state index contributed by atoms with van der Waals surface area (Å²) in [6.45, 7) is 0.667. The predicted octanol–water partition coefficient (Wildman–Crippen LogP) is 4.04. The largest absolute Gasteiger partial charge is 0.334 e. The Morgan fingerprint density at radius 2 is 2.03 bits per heavy atom. The molecule has 0 bridgehead atoms. The van der Waals surface area contributed by atoms with E-state index in [-0.39, 0.29) is 24.4 Å². The zero-order valence-corrected chi connectivity index (χ0v) is 17.5. The van der Waals surface area contributed by atoms with Crippen molar-refractivity contribution in [3.05, 3.63) is 70.9 Å². The van der Waals surface area contributed by atoms with Gasteiger partial charge in [-0.2, -0.15) is 0 Å². The molecule has 1 aromatic carbocycles. The number of thiocarbonyl (C=S) groups is 1. The van der Waals surface area contributed by atoms with Crippen molar-refractivity contribution in [1.29, 1.82) is 0 Å². The summed E-state index contributed by atoms with van der Waals surface area (Å²) in [6.07, 6.45) is 8.32.